The Balaban J connectivity index is -0.000000475. The van der Waals surface area contributed by atoms with E-state index in [0.717, 1.165) is 12.8 Å². The Bertz CT molecular complexity index is 849. The summed E-state index contributed by atoms with van der Waals surface area (Å²) in [5.74, 6) is 1.28. The van der Waals surface area contributed by atoms with E-state index in [4.69, 9.17) is 0 Å². The van der Waals surface area contributed by atoms with Gasteiger partial charge in [0.15, 0.2) is 0 Å². The van der Waals surface area contributed by atoms with E-state index in [0.29, 0.717) is 11.8 Å². The van der Waals surface area contributed by atoms with Crippen LogP contribution in [0.25, 0.3) is 11.1 Å². The van der Waals surface area contributed by atoms with Crippen LogP contribution in [0, 0.1) is 38.8 Å². The summed E-state index contributed by atoms with van der Waals surface area (Å²) in [6.45, 7) is 10.9. The molecule has 0 N–H and O–H groups in total. The predicted molar refractivity (Wildman–Crippen MR) is 157 cm³/mol. The van der Waals surface area contributed by atoms with Gasteiger partial charge < -0.3 is 14.9 Å². The van der Waals surface area contributed by atoms with Gasteiger partial charge >= 0.3 is 30.2 Å². The van der Waals surface area contributed by atoms with Gasteiger partial charge in [-0.3, -0.25) is 0 Å². The fraction of sp³-hybridized carbons (Fsp3) is 0.267. The van der Waals surface area contributed by atoms with Crippen LogP contribution in [0.3, 0.4) is 0 Å². The van der Waals surface area contributed by atoms with Gasteiger partial charge in [0.2, 0.25) is 0 Å². The summed E-state index contributed by atoms with van der Waals surface area (Å²) in [5.41, 5.74) is 8.06. The molecule has 0 saturated heterocycles. The number of hydrogen-bond acceptors (Lipinski definition) is 0. The van der Waals surface area contributed by atoms with Crippen molar-refractivity contribution in [1.82, 2.24) is 0 Å². The van der Waals surface area contributed by atoms with Crippen molar-refractivity contribution in [2.75, 3.05) is 0 Å². The van der Waals surface area contributed by atoms with Crippen LogP contribution in [0.1, 0.15) is 51.7 Å². The van der Waals surface area contributed by atoms with Crippen LogP contribution in [0.5, 0.6) is 0 Å². The van der Waals surface area contributed by atoms with Crippen molar-refractivity contribution < 1.29 is 23.3 Å². The van der Waals surface area contributed by atoms with Crippen LogP contribution in [-0.4, -0.2) is 6.88 Å². The molecular weight excluding hydrogens is 551 g/mol. The van der Waals surface area contributed by atoms with Crippen LogP contribution < -0.4 is 0 Å². The molecule has 2 aliphatic rings. The summed E-state index contributed by atoms with van der Waals surface area (Å²) in [5, 5.41) is 0. The zero-order valence-electron chi connectivity index (χ0n) is 21.5. The number of hydrogen-bond donors (Lipinski definition) is 0. The van der Waals surface area contributed by atoms with Gasteiger partial charge in [0.05, 0.1) is 0 Å². The van der Waals surface area contributed by atoms with Crippen molar-refractivity contribution in [2.45, 2.75) is 40.5 Å². The average molecular weight is 591 g/mol. The minimum absolute atomic E-state index is 0. The van der Waals surface area contributed by atoms with Crippen molar-refractivity contribution in [3.05, 3.63) is 122 Å². The molecule has 2 aromatic carbocycles. The van der Waals surface area contributed by atoms with Gasteiger partial charge in [0.1, 0.15) is 0 Å². The van der Waals surface area contributed by atoms with E-state index in [1.54, 1.807) is 23.3 Å². The molecule has 0 radical (unpaired) electrons. The van der Waals surface area contributed by atoms with Gasteiger partial charge in [0.25, 0.3) is 0 Å². The first kappa shape index (κ1) is 37.6. The van der Waals surface area contributed by atoms with E-state index in [1.807, 2.05) is 19.0 Å². The monoisotopic (exact) mass is 588 g/mol. The van der Waals surface area contributed by atoms with Gasteiger partial charge in [-0.1, -0.05) is 76.9 Å². The van der Waals surface area contributed by atoms with E-state index in [1.165, 1.54) is 33.4 Å². The molecule has 0 nitrogen and oxygen atoms in total. The van der Waals surface area contributed by atoms with Crippen LogP contribution >= 0.6 is 24.8 Å². The molecule has 0 spiro atoms. The Labute approximate surface area is 239 Å². The number of allylic oxidation sites excluding steroid dienone is 8. The van der Waals surface area contributed by atoms with E-state index in [2.05, 4.69) is 101 Å². The summed E-state index contributed by atoms with van der Waals surface area (Å²) < 4.78 is 0. The molecule has 0 heterocycles. The van der Waals surface area contributed by atoms with Gasteiger partial charge in [-0.25, -0.2) is 0 Å². The van der Waals surface area contributed by atoms with Gasteiger partial charge in [-0.15, -0.1) is 71.4 Å². The van der Waals surface area contributed by atoms with Crippen LogP contribution in [0.2, 0.25) is 0 Å². The second-order valence-electron chi connectivity index (χ2n) is 8.01. The number of halogens is 2. The Morgan fingerprint density at radius 2 is 0.912 bits per heavy atom. The topological polar surface area (TPSA) is 0 Å². The van der Waals surface area contributed by atoms with Crippen molar-refractivity contribution in [1.29, 1.82) is 0 Å². The maximum atomic E-state index is 3.43. The van der Waals surface area contributed by atoms with Crippen molar-refractivity contribution >= 4 is 42.8 Å². The standard InChI is InChI=1S/2C14H15.2CH3.2ClH.H2Si.Zr/c2*1-11(2)13-8-9-14(10-13)12-6-4-3-5-7-12;;;;;;/h2*3-7,10-11H,8H2,1-2H3;2*1H3;2*1H;1H2;/q4*-1;;;;. The minimum atomic E-state index is 0. The first-order chi connectivity index (χ1) is 14.5. The van der Waals surface area contributed by atoms with Gasteiger partial charge in [-0.2, -0.15) is 35.5 Å². The second kappa shape index (κ2) is 20.3. The number of benzene rings is 2. The fourth-order valence-electron chi connectivity index (χ4n) is 3.32. The third kappa shape index (κ3) is 11.7. The summed E-state index contributed by atoms with van der Waals surface area (Å²) in [7, 11) is 0. The maximum absolute atomic E-state index is 3.43. The summed E-state index contributed by atoms with van der Waals surface area (Å²) >= 11 is 1.58. The Morgan fingerprint density at radius 1 is 0.618 bits per heavy atom. The molecule has 4 heteroatoms. The Morgan fingerprint density at radius 3 is 1.15 bits per heavy atom. The third-order valence-corrected chi connectivity index (χ3v) is 5.28. The molecule has 2 aromatic rings. The molecule has 0 aromatic heterocycles. The van der Waals surface area contributed by atoms with E-state index >= 15 is 0 Å². The Hall–Kier alpha value is -0.920. The van der Waals surface area contributed by atoms with Crippen molar-refractivity contribution in [2.24, 2.45) is 11.8 Å². The fourth-order valence-corrected chi connectivity index (χ4v) is 3.32. The molecule has 0 amide bonds. The molecule has 0 saturated carbocycles. The molecule has 2 aliphatic carbocycles. The van der Waals surface area contributed by atoms with Crippen molar-refractivity contribution in [3.8, 4) is 0 Å². The molecular formula is C30H40Cl2SiZr-4. The van der Waals surface area contributed by atoms with Gasteiger partial charge in [0, 0.05) is 0 Å². The van der Waals surface area contributed by atoms with Crippen molar-refractivity contribution in [3.63, 3.8) is 0 Å². The van der Waals surface area contributed by atoms with Crippen LogP contribution in [0.15, 0.2) is 84.0 Å². The summed E-state index contributed by atoms with van der Waals surface area (Å²) in [4.78, 5) is 0. The SMILES string of the molecule is CC(C)C1=CC(c2ccccc2)=[C-]C1.CC(C)C1=CC(c2ccccc2)=[C-]C1.Cl.Cl.[CH3-].[CH3-].[SiH2]=[Zr]. The van der Waals surface area contributed by atoms with Crippen LogP contribution in [0.4, 0.5) is 0 Å². The third-order valence-electron chi connectivity index (χ3n) is 5.28. The molecule has 0 fully saturated rings. The second-order valence-corrected chi connectivity index (χ2v) is 8.01. The molecule has 0 aliphatic heterocycles. The normalized spacial score (nSPS) is 13.0. The molecule has 4 rings (SSSR count). The number of rotatable bonds is 4. The van der Waals surface area contributed by atoms with E-state index < -0.39 is 0 Å². The quantitative estimate of drug-likeness (QED) is 0.247. The Kier molecular flexibility index (Phi) is 22.5. The summed E-state index contributed by atoms with van der Waals surface area (Å²) in [6.07, 6.45) is 13.4. The zero-order valence-corrected chi connectivity index (χ0v) is 27.0. The van der Waals surface area contributed by atoms with Crippen LogP contribution in [-0.2, 0) is 23.3 Å². The molecule has 34 heavy (non-hydrogen) atoms. The molecule has 186 valence electrons. The van der Waals surface area contributed by atoms with E-state index in [9.17, 15) is 0 Å². The predicted octanol–water partition coefficient (Wildman–Crippen LogP) is 8.54. The van der Waals surface area contributed by atoms with E-state index in [-0.39, 0.29) is 39.7 Å². The van der Waals surface area contributed by atoms with Gasteiger partial charge in [-0.05, 0) is 11.8 Å². The first-order valence-corrected chi connectivity index (χ1v) is 16.6. The molecule has 0 atom stereocenters. The molecule has 0 bridgehead atoms. The molecule has 0 unspecified atom stereocenters. The zero-order chi connectivity index (χ0) is 21.9. The average Bonchev–Trinajstić information content (AvgIpc) is 3.47. The summed E-state index contributed by atoms with van der Waals surface area (Å²) in [6, 6.07) is 21.0. The first-order valence-electron chi connectivity index (χ1n) is 10.6.